The van der Waals surface area contributed by atoms with Gasteiger partial charge in [0.2, 0.25) is 5.91 Å². The summed E-state index contributed by atoms with van der Waals surface area (Å²) in [6, 6.07) is 0.498. The molecule has 3 nitrogen and oxygen atoms in total. The fourth-order valence-corrected chi connectivity index (χ4v) is 1.64. The van der Waals surface area contributed by atoms with Crippen molar-refractivity contribution in [3.63, 3.8) is 0 Å². The summed E-state index contributed by atoms with van der Waals surface area (Å²) in [4.78, 5) is 11.0. The molecule has 0 spiro atoms. The Morgan fingerprint density at radius 1 is 1.46 bits per heavy atom. The van der Waals surface area contributed by atoms with E-state index in [0.717, 1.165) is 13.1 Å². The summed E-state index contributed by atoms with van der Waals surface area (Å²) in [5.41, 5.74) is 0. The maximum Gasteiger partial charge on any atom is 0.219 e. The molecule has 1 atom stereocenters. The molecule has 0 aromatic carbocycles. The van der Waals surface area contributed by atoms with E-state index in [-0.39, 0.29) is 5.91 Å². The van der Waals surface area contributed by atoms with Crippen LogP contribution in [0.1, 0.15) is 39.0 Å². The van der Waals surface area contributed by atoms with E-state index in [1.165, 1.54) is 25.7 Å². The maximum absolute atomic E-state index is 11.0. The van der Waals surface area contributed by atoms with Crippen LogP contribution in [-0.4, -0.2) is 25.0 Å². The third-order valence-corrected chi connectivity index (χ3v) is 2.53. The van der Waals surface area contributed by atoms with Crippen LogP contribution in [0.15, 0.2) is 0 Å². The first-order chi connectivity index (χ1) is 6.33. The van der Waals surface area contributed by atoms with Gasteiger partial charge in [0.05, 0.1) is 0 Å². The van der Waals surface area contributed by atoms with Gasteiger partial charge in [-0.05, 0) is 19.4 Å². The highest BCUT2D eigenvalue weighted by atomic mass is 16.1. The van der Waals surface area contributed by atoms with Crippen molar-refractivity contribution >= 4 is 5.91 Å². The third-order valence-electron chi connectivity index (χ3n) is 2.53. The zero-order valence-corrected chi connectivity index (χ0v) is 8.44. The Bertz CT molecular complexity index is 151. The number of hydrogen-bond donors (Lipinski definition) is 2. The predicted molar refractivity (Wildman–Crippen MR) is 53.6 cm³/mol. The molecule has 0 bridgehead atoms. The third kappa shape index (κ3) is 4.27. The summed E-state index contributed by atoms with van der Waals surface area (Å²) in [6.07, 6.45) is 5.68. The molecule has 1 fully saturated rings. The van der Waals surface area contributed by atoms with Crippen molar-refractivity contribution in [2.75, 3.05) is 13.1 Å². The average Bonchev–Trinajstić information content (AvgIpc) is 2.42. The van der Waals surface area contributed by atoms with Crippen LogP contribution in [0.25, 0.3) is 0 Å². The Kier molecular flexibility index (Phi) is 4.83. The molecule has 0 radical (unpaired) electrons. The number of amides is 1. The van der Waals surface area contributed by atoms with E-state index < -0.39 is 0 Å². The monoisotopic (exact) mass is 184 g/mol. The van der Waals surface area contributed by atoms with Gasteiger partial charge >= 0.3 is 0 Å². The molecular formula is C10H20N2O. The van der Waals surface area contributed by atoms with Crippen LogP contribution in [0.4, 0.5) is 0 Å². The lowest BCUT2D eigenvalue weighted by molar-refractivity contribution is -0.120. The highest BCUT2D eigenvalue weighted by Crippen LogP contribution is 2.07. The lowest BCUT2D eigenvalue weighted by atomic mass is 10.1. The van der Waals surface area contributed by atoms with Gasteiger partial charge in [-0.15, -0.1) is 0 Å². The topological polar surface area (TPSA) is 41.1 Å². The van der Waals surface area contributed by atoms with E-state index in [9.17, 15) is 4.79 Å². The van der Waals surface area contributed by atoms with Gasteiger partial charge in [0, 0.05) is 19.0 Å². The van der Waals surface area contributed by atoms with Crippen LogP contribution in [0.5, 0.6) is 0 Å². The second-order valence-corrected chi connectivity index (χ2v) is 3.66. The molecule has 1 heterocycles. The van der Waals surface area contributed by atoms with Crippen LogP contribution in [0.3, 0.4) is 0 Å². The van der Waals surface area contributed by atoms with Gasteiger partial charge in [0.25, 0.3) is 0 Å². The van der Waals surface area contributed by atoms with Crippen molar-refractivity contribution in [1.29, 1.82) is 0 Å². The van der Waals surface area contributed by atoms with Gasteiger partial charge in [-0.1, -0.05) is 19.8 Å². The predicted octanol–water partition coefficient (Wildman–Crippen LogP) is 1.04. The number of nitrogens with one attached hydrogen (secondary N) is 2. The lowest BCUT2D eigenvalue weighted by Crippen LogP contribution is -2.40. The van der Waals surface area contributed by atoms with Gasteiger partial charge in [0.15, 0.2) is 0 Å². The second kappa shape index (κ2) is 5.97. The van der Waals surface area contributed by atoms with Crippen molar-refractivity contribution in [3.05, 3.63) is 0 Å². The Balaban J connectivity index is 2.15. The molecule has 3 heteroatoms. The molecule has 0 aliphatic carbocycles. The summed E-state index contributed by atoms with van der Waals surface area (Å²) in [6.45, 7) is 3.79. The molecule has 2 N–H and O–H groups in total. The van der Waals surface area contributed by atoms with Crippen LogP contribution in [-0.2, 0) is 4.79 Å². The molecule has 0 aromatic heterocycles. The zero-order chi connectivity index (χ0) is 9.52. The molecule has 0 aromatic rings. The lowest BCUT2D eigenvalue weighted by Gasteiger charge is -2.15. The van der Waals surface area contributed by atoms with E-state index >= 15 is 0 Å². The highest BCUT2D eigenvalue weighted by Gasteiger charge is 2.11. The van der Waals surface area contributed by atoms with Crippen molar-refractivity contribution in [3.8, 4) is 0 Å². The Hall–Kier alpha value is -0.570. The molecule has 13 heavy (non-hydrogen) atoms. The normalized spacial score (nSPS) is 23.6. The molecule has 1 aliphatic rings. The molecule has 76 valence electrons. The first-order valence-electron chi connectivity index (χ1n) is 5.33. The fourth-order valence-electron chi connectivity index (χ4n) is 1.64. The van der Waals surface area contributed by atoms with Gasteiger partial charge < -0.3 is 10.6 Å². The molecular weight excluding hydrogens is 164 g/mol. The van der Waals surface area contributed by atoms with Crippen LogP contribution >= 0.6 is 0 Å². The molecule has 1 amide bonds. The van der Waals surface area contributed by atoms with Crippen molar-refractivity contribution in [2.45, 2.75) is 45.1 Å². The van der Waals surface area contributed by atoms with Crippen LogP contribution < -0.4 is 10.6 Å². The first-order valence-corrected chi connectivity index (χ1v) is 5.33. The molecule has 0 saturated carbocycles. The summed E-state index contributed by atoms with van der Waals surface area (Å²) >= 11 is 0. The van der Waals surface area contributed by atoms with Gasteiger partial charge in [0.1, 0.15) is 0 Å². The summed E-state index contributed by atoms with van der Waals surface area (Å²) in [5.74, 6) is 0.158. The number of carbonyl (C=O) groups excluding carboxylic acids is 1. The van der Waals surface area contributed by atoms with Gasteiger partial charge in [-0.2, -0.15) is 0 Å². The van der Waals surface area contributed by atoms with Crippen molar-refractivity contribution in [1.82, 2.24) is 10.6 Å². The van der Waals surface area contributed by atoms with Gasteiger partial charge in [-0.3, -0.25) is 4.79 Å². The standard InChI is InChI=1S/C10H20N2O/c1-2-10(13)12-8-9-6-4-3-5-7-11-9/h9,11H,2-8H2,1H3,(H,12,13). The Morgan fingerprint density at radius 3 is 3.08 bits per heavy atom. The minimum atomic E-state index is 0.158. The van der Waals surface area contributed by atoms with E-state index in [2.05, 4.69) is 10.6 Å². The van der Waals surface area contributed by atoms with Gasteiger partial charge in [-0.25, -0.2) is 0 Å². The zero-order valence-electron chi connectivity index (χ0n) is 8.44. The molecule has 1 aliphatic heterocycles. The number of hydrogen-bond acceptors (Lipinski definition) is 2. The van der Waals surface area contributed by atoms with E-state index in [4.69, 9.17) is 0 Å². The summed E-state index contributed by atoms with van der Waals surface area (Å²) in [7, 11) is 0. The first kappa shape index (κ1) is 10.5. The largest absolute Gasteiger partial charge is 0.355 e. The second-order valence-electron chi connectivity index (χ2n) is 3.66. The van der Waals surface area contributed by atoms with Crippen molar-refractivity contribution < 1.29 is 4.79 Å². The SMILES string of the molecule is CCC(=O)NCC1CCCCCN1. The molecule has 1 unspecified atom stereocenters. The quantitative estimate of drug-likeness (QED) is 0.688. The van der Waals surface area contributed by atoms with E-state index in [0.29, 0.717) is 12.5 Å². The smallest absolute Gasteiger partial charge is 0.219 e. The minimum absolute atomic E-state index is 0.158. The van der Waals surface area contributed by atoms with Crippen molar-refractivity contribution in [2.24, 2.45) is 0 Å². The Morgan fingerprint density at radius 2 is 2.31 bits per heavy atom. The van der Waals surface area contributed by atoms with Crippen LogP contribution in [0, 0.1) is 0 Å². The fraction of sp³-hybridized carbons (Fsp3) is 0.900. The summed E-state index contributed by atoms with van der Waals surface area (Å²) < 4.78 is 0. The summed E-state index contributed by atoms with van der Waals surface area (Å²) in [5, 5.41) is 6.37. The number of carbonyl (C=O) groups is 1. The number of rotatable bonds is 3. The van der Waals surface area contributed by atoms with Crippen LogP contribution in [0.2, 0.25) is 0 Å². The maximum atomic E-state index is 11.0. The molecule has 1 rings (SSSR count). The molecule has 1 saturated heterocycles. The highest BCUT2D eigenvalue weighted by molar-refractivity contribution is 5.75. The van der Waals surface area contributed by atoms with E-state index in [1.807, 2.05) is 6.92 Å². The minimum Gasteiger partial charge on any atom is -0.355 e. The van der Waals surface area contributed by atoms with E-state index in [1.54, 1.807) is 0 Å². The average molecular weight is 184 g/mol. The Labute approximate surface area is 80.3 Å².